The number of benzene rings is 1. The fraction of sp³-hybridized carbons (Fsp3) is 0.312. The topological polar surface area (TPSA) is 109 Å². The van der Waals surface area contributed by atoms with Crippen molar-refractivity contribution in [1.29, 1.82) is 0 Å². The summed E-state index contributed by atoms with van der Waals surface area (Å²) in [5.41, 5.74) is 0.542. The summed E-state index contributed by atoms with van der Waals surface area (Å²) in [7, 11) is 0. The number of carbonyl (C=O) groups is 2. The van der Waals surface area contributed by atoms with Crippen LogP contribution in [0, 0.1) is 0 Å². The summed E-state index contributed by atoms with van der Waals surface area (Å²) < 4.78 is 0. The third kappa shape index (κ3) is 4.85. The van der Waals surface area contributed by atoms with Crippen LogP contribution in [0.3, 0.4) is 0 Å². The molecule has 2 aromatic rings. The van der Waals surface area contributed by atoms with Gasteiger partial charge in [-0.2, -0.15) is 0 Å². The molecule has 1 aliphatic rings. The lowest BCUT2D eigenvalue weighted by molar-refractivity contribution is -0.117. The van der Waals surface area contributed by atoms with Gasteiger partial charge in [0.1, 0.15) is 0 Å². The Hall–Kier alpha value is -2.33. The van der Waals surface area contributed by atoms with E-state index >= 15 is 0 Å². The standard InChI is InChI=1S/C16H18N6O2S2/c1-16(2,3)20-14(24)18-11(23)8-25-15-19-12-13(21-22-15)26-10-7-5-4-6-9(10)17-12/h4-7H,8H2,1-3H3,(H,17,19,22)(H2,18,20,23,24). The summed E-state index contributed by atoms with van der Waals surface area (Å²) in [4.78, 5) is 29.0. The summed E-state index contributed by atoms with van der Waals surface area (Å²) in [5, 5.41) is 17.4. The van der Waals surface area contributed by atoms with Crippen LogP contribution in [0.15, 0.2) is 39.3 Å². The Morgan fingerprint density at radius 2 is 2.00 bits per heavy atom. The average Bonchev–Trinajstić information content (AvgIpc) is 2.56. The number of urea groups is 1. The minimum atomic E-state index is -0.526. The van der Waals surface area contributed by atoms with Crippen molar-refractivity contribution in [3.8, 4) is 0 Å². The van der Waals surface area contributed by atoms with Crippen LogP contribution in [-0.4, -0.2) is 38.4 Å². The second-order valence-corrected chi connectivity index (χ2v) is 8.49. The Morgan fingerprint density at radius 1 is 1.23 bits per heavy atom. The van der Waals surface area contributed by atoms with Crippen molar-refractivity contribution in [3.63, 3.8) is 0 Å². The predicted molar refractivity (Wildman–Crippen MR) is 101 cm³/mol. The Balaban J connectivity index is 1.57. The summed E-state index contributed by atoms with van der Waals surface area (Å²) in [5.74, 6) is 0.199. The molecule has 8 nitrogen and oxygen atoms in total. The van der Waals surface area contributed by atoms with Gasteiger partial charge in [0, 0.05) is 10.4 Å². The number of aromatic nitrogens is 3. The van der Waals surface area contributed by atoms with Crippen LogP contribution in [0.1, 0.15) is 20.8 Å². The first-order valence-corrected chi connectivity index (χ1v) is 9.64. The first kappa shape index (κ1) is 18.5. The number of imide groups is 1. The second-order valence-electron chi connectivity index (χ2n) is 6.51. The quantitative estimate of drug-likeness (QED) is 0.586. The fourth-order valence-corrected chi connectivity index (χ4v) is 3.51. The number of amides is 3. The zero-order chi connectivity index (χ0) is 18.7. The van der Waals surface area contributed by atoms with Gasteiger partial charge in [0.05, 0.1) is 11.4 Å². The molecule has 0 spiro atoms. The molecule has 26 heavy (non-hydrogen) atoms. The number of rotatable bonds is 3. The molecule has 1 aromatic heterocycles. The average molecular weight is 390 g/mol. The van der Waals surface area contributed by atoms with E-state index in [9.17, 15) is 9.59 Å². The molecule has 0 aliphatic carbocycles. The lowest BCUT2D eigenvalue weighted by atomic mass is 10.1. The molecular formula is C16H18N6O2S2. The SMILES string of the molecule is CC(C)(C)NC(=O)NC(=O)CSc1nnc2c(n1)Nc1ccccc1S2. The first-order valence-electron chi connectivity index (χ1n) is 7.83. The molecule has 2 heterocycles. The van der Waals surface area contributed by atoms with Crippen molar-refractivity contribution in [1.82, 2.24) is 25.8 Å². The maximum atomic E-state index is 11.9. The summed E-state index contributed by atoms with van der Waals surface area (Å²) in [6, 6.07) is 7.32. The van der Waals surface area contributed by atoms with Gasteiger partial charge in [0.15, 0.2) is 10.8 Å². The highest BCUT2D eigenvalue weighted by Gasteiger charge is 2.20. The van der Waals surface area contributed by atoms with Gasteiger partial charge in [-0.1, -0.05) is 35.7 Å². The van der Waals surface area contributed by atoms with Gasteiger partial charge < -0.3 is 10.6 Å². The van der Waals surface area contributed by atoms with Crippen molar-refractivity contribution in [2.45, 2.75) is 41.4 Å². The van der Waals surface area contributed by atoms with E-state index in [0.717, 1.165) is 22.3 Å². The van der Waals surface area contributed by atoms with Crippen LogP contribution in [0.25, 0.3) is 0 Å². The minimum absolute atomic E-state index is 0.0156. The number of hydrogen-bond acceptors (Lipinski definition) is 8. The van der Waals surface area contributed by atoms with Crippen LogP contribution < -0.4 is 16.0 Å². The Kier molecular flexibility index (Phi) is 5.33. The highest BCUT2D eigenvalue weighted by Crippen LogP contribution is 2.41. The monoisotopic (exact) mass is 390 g/mol. The Labute approximate surface area is 159 Å². The number of anilines is 2. The molecule has 1 aliphatic heterocycles. The van der Waals surface area contributed by atoms with E-state index in [-0.39, 0.29) is 5.75 Å². The molecule has 0 atom stereocenters. The molecule has 3 N–H and O–H groups in total. The van der Waals surface area contributed by atoms with Crippen LogP contribution in [0.2, 0.25) is 0 Å². The number of thioether (sulfide) groups is 1. The molecule has 0 bridgehead atoms. The van der Waals surface area contributed by atoms with Crippen molar-refractivity contribution < 1.29 is 9.59 Å². The molecular weight excluding hydrogens is 372 g/mol. The smallest absolute Gasteiger partial charge is 0.321 e. The molecule has 136 valence electrons. The molecule has 1 aromatic carbocycles. The minimum Gasteiger partial charge on any atom is -0.337 e. The molecule has 0 saturated heterocycles. The highest BCUT2D eigenvalue weighted by molar-refractivity contribution is 8.00. The van der Waals surface area contributed by atoms with Gasteiger partial charge in [-0.15, -0.1) is 10.2 Å². The van der Waals surface area contributed by atoms with E-state index in [0.29, 0.717) is 16.0 Å². The zero-order valence-electron chi connectivity index (χ0n) is 14.5. The summed E-state index contributed by atoms with van der Waals surface area (Å²) in [6.45, 7) is 5.50. The van der Waals surface area contributed by atoms with Gasteiger partial charge in [0.2, 0.25) is 11.1 Å². The van der Waals surface area contributed by atoms with Crippen LogP contribution in [0.4, 0.5) is 16.3 Å². The number of fused-ring (bicyclic) bond motifs is 2. The molecule has 3 amide bonds. The van der Waals surface area contributed by atoms with Gasteiger partial charge in [-0.05, 0) is 32.9 Å². The highest BCUT2D eigenvalue weighted by atomic mass is 32.2. The Bertz CT molecular complexity index is 853. The van der Waals surface area contributed by atoms with E-state index < -0.39 is 17.5 Å². The van der Waals surface area contributed by atoms with Gasteiger partial charge in [-0.3, -0.25) is 10.1 Å². The maximum absolute atomic E-state index is 11.9. The number of carbonyl (C=O) groups excluding carboxylic acids is 2. The molecule has 3 rings (SSSR count). The van der Waals surface area contributed by atoms with E-state index in [4.69, 9.17) is 0 Å². The summed E-state index contributed by atoms with van der Waals surface area (Å²) >= 11 is 2.61. The Morgan fingerprint density at radius 3 is 2.77 bits per heavy atom. The molecule has 10 heteroatoms. The second kappa shape index (κ2) is 7.50. The molecule has 0 radical (unpaired) electrons. The molecule has 0 fully saturated rings. The van der Waals surface area contributed by atoms with E-state index in [2.05, 4.69) is 31.1 Å². The first-order chi connectivity index (χ1) is 12.3. The van der Waals surface area contributed by atoms with Gasteiger partial charge in [-0.25, -0.2) is 9.78 Å². The van der Waals surface area contributed by atoms with Crippen molar-refractivity contribution in [2.24, 2.45) is 0 Å². The number of hydrogen-bond donors (Lipinski definition) is 3. The predicted octanol–water partition coefficient (Wildman–Crippen LogP) is 2.80. The number of nitrogens with zero attached hydrogens (tertiary/aromatic N) is 3. The number of para-hydroxylation sites is 1. The number of nitrogens with one attached hydrogen (secondary N) is 3. The normalized spacial score (nSPS) is 12.4. The molecule has 0 saturated carbocycles. The van der Waals surface area contributed by atoms with Crippen molar-refractivity contribution in [2.75, 3.05) is 11.1 Å². The van der Waals surface area contributed by atoms with E-state index in [1.807, 2.05) is 45.0 Å². The third-order valence-electron chi connectivity index (χ3n) is 3.06. The van der Waals surface area contributed by atoms with Crippen LogP contribution in [-0.2, 0) is 4.79 Å². The zero-order valence-corrected chi connectivity index (χ0v) is 16.1. The fourth-order valence-electron chi connectivity index (χ4n) is 2.07. The van der Waals surface area contributed by atoms with E-state index in [1.165, 1.54) is 11.8 Å². The maximum Gasteiger partial charge on any atom is 0.321 e. The third-order valence-corrected chi connectivity index (χ3v) is 4.94. The van der Waals surface area contributed by atoms with Crippen molar-refractivity contribution in [3.05, 3.63) is 24.3 Å². The molecule has 0 unspecified atom stereocenters. The van der Waals surface area contributed by atoms with Crippen LogP contribution in [0.5, 0.6) is 0 Å². The lowest BCUT2D eigenvalue weighted by Crippen LogP contribution is -2.48. The largest absolute Gasteiger partial charge is 0.337 e. The van der Waals surface area contributed by atoms with Crippen molar-refractivity contribution >= 4 is 47.0 Å². The van der Waals surface area contributed by atoms with Crippen LogP contribution >= 0.6 is 23.5 Å². The van der Waals surface area contributed by atoms with Gasteiger partial charge >= 0.3 is 6.03 Å². The summed E-state index contributed by atoms with van der Waals surface area (Å²) in [6.07, 6.45) is 0. The van der Waals surface area contributed by atoms with E-state index in [1.54, 1.807) is 0 Å². The lowest BCUT2D eigenvalue weighted by Gasteiger charge is -2.20. The van der Waals surface area contributed by atoms with Gasteiger partial charge in [0.25, 0.3) is 0 Å².